The highest BCUT2D eigenvalue weighted by atomic mass is 16.5. The predicted molar refractivity (Wildman–Crippen MR) is 117 cm³/mol. The summed E-state index contributed by atoms with van der Waals surface area (Å²) in [5, 5.41) is 6.94. The Morgan fingerprint density at radius 3 is 2.47 bits per heavy atom. The molecule has 156 valence electrons. The van der Waals surface area contributed by atoms with Gasteiger partial charge in [0, 0.05) is 30.0 Å². The largest absolute Gasteiger partial charge is 0.489 e. The lowest BCUT2D eigenvalue weighted by Gasteiger charge is -2.19. The Morgan fingerprint density at radius 1 is 1.10 bits per heavy atom. The summed E-state index contributed by atoms with van der Waals surface area (Å²) in [6.45, 7) is 8.38. The molecule has 2 heterocycles. The van der Waals surface area contributed by atoms with E-state index in [1.807, 2.05) is 26.8 Å². The number of aromatic nitrogens is 1. The van der Waals surface area contributed by atoms with E-state index in [0.29, 0.717) is 17.9 Å². The van der Waals surface area contributed by atoms with E-state index in [2.05, 4.69) is 27.5 Å². The van der Waals surface area contributed by atoms with E-state index in [9.17, 15) is 4.79 Å². The Labute approximate surface area is 176 Å². The first-order valence-corrected chi connectivity index (χ1v) is 10.3. The van der Waals surface area contributed by atoms with Gasteiger partial charge in [-0.2, -0.15) is 0 Å². The predicted octanol–water partition coefficient (Wildman–Crippen LogP) is 5.03. The summed E-state index contributed by atoms with van der Waals surface area (Å²) in [7, 11) is 0. The Hall–Kier alpha value is -3.28. The Morgan fingerprint density at radius 2 is 1.83 bits per heavy atom. The number of benzene rings is 2. The molecular weight excluding hydrogens is 378 g/mol. The molecule has 30 heavy (non-hydrogen) atoms. The molecule has 0 spiro atoms. The number of hydrogen-bond donors (Lipinski definition) is 1. The van der Waals surface area contributed by atoms with E-state index in [-0.39, 0.29) is 5.91 Å². The lowest BCUT2D eigenvalue weighted by atomic mass is 10.1. The molecular formula is C24H27N3O3. The Balaban J connectivity index is 1.38. The average molecular weight is 405 g/mol. The van der Waals surface area contributed by atoms with Crippen LogP contribution in [0.1, 0.15) is 45.8 Å². The van der Waals surface area contributed by atoms with E-state index in [0.717, 1.165) is 41.4 Å². The van der Waals surface area contributed by atoms with Gasteiger partial charge in [-0.15, -0.1) is 0 Å². The lowest BCUT2D eigenvalue weighted by Crippen LogP contribution is -2.18. The molecule has 1 aliphatic rings. The number of carbonyl (C=O) groups excluding carboxylic acids is 1. The second kappa shape index (κ2) is 8.61. The molecule has 6 heteroatoms. The van der Waals surface area contributed by atoms with Crippen molar-refractivity contribution in [3.8, 4) is 5.75 Å². The van der Waals surface area contributed by atoms with Gasteiger partial charge in [-0.05, 0) is 81.6 Å². The number of aryl methyl sites for hydroxylation is 3. The number of carbonyl (C=O) groups is 1. The maximum Gasteiger partial charge on any atom is 0.255 e. The van der Waals surface area contributed by atoms with Gasteiger partial charge in [-0.1, -0.05) is 5.16 Å². The van der Waals surface area contributed by atoms with Gasteiger partial charge in [0.2, 0.25) is 0 Å². The topological polar surface area (TPSA) is 67.6 Å². The van der Waals surface area contributed by atoms with E-state index in [4.69, 9.17) is 9.26 Å². The molecule has 0 radical (unpaired) electrons. The van der Waals surface area contributed by atoms with Crippen LogP contribution in [0.2, 0.25) is 0 Å². The van der Waals surface area contributed by atoms with Crippen LogP contribution in [0.15, 0.2) is 47.0 Å². The molecule has 0 atom stereocenters. The molecule has 2 aromatic carbocycles. The Kier molecular flexibility index (Phi) is 5.74. The fraction of sp³-hybridized carbons (Fsp3) is 0.333. The fourth-order valence-corrected chi connectivity index (χ4v) is 3.72. The standard InChI is InChI=1S/C24H27N3O3/c1-16-14-20(27-12-4-5-13-27)8-11-23(16)25-24(28)19-6-9-21(10-7-19)29-15-22-17(2)26-30-18(22)3/h6-11,14H,4-5,12-13,15H2,1-3H3,(H,25,28). The van der Waals surface area contributed by atoms with Gasteiger partial charge in [0.25, 0.3) is 5.91 Å². The second-order valence-corrected chi connectivity index (χ2v) is 7.76. The quantitative estimate of drug-likeness (QED) is 0.623. The third-order valence-corrected chi connectivity index (χ3v) is 5.61. The minimum atomic E-state index is -0.135. The molecule has 3 aromatic rings. The van der Waals surface area contributed by atoms with Crippen LogP contribution in [0.25, 0.3) is 0 Å². The number of amides is 1. The van der Waals surface area contributed by atoms with Crippen LogP contribution in [0.3, 0.4) is 0 Å². The molecule has 0 aliphatic carbocycles. The number of rotatable bonds is 6. The molecule has 1 aliphatic heterocycles. The number of hydrogen-bond acceptors (Lipinski definition) is 5. The third-order valence-electron chi connectivity index (χ3n) is 5.61. The van der Waals surface area contributed by atoms with Crippen molar-refractivity contribution in [2.24, 2.45) is 0 Å². The molecule has 0 bridgehead atoms. The van der Waals surface area contributed by atoms with E-state index in [1.165, 1.54) is 18.5 Å². The average Bonchev–Trinajstić information content (AvgIpc) is 3.39. The van der Waals surface area contributed by atoms with Crippen molar-refractivity contribution in [1.82, 2.24) is 5.16 Å². The molecule has 0 saturated carbocycles. The molecule has 6 nitrogen and oxygen atoms in total. The van der Waals surface area contributed by atoms with Crippen molar-refractivity contribution >= 4 is 17.3 Å². The lowest BCUT2D eigenvalue weighted by molar-refractivity contribution is 0.102. The van der Waals surface area contributed by atoms with Gasteiger partial charge in [0.1, 0.15) is 18.1 Å². The maximum absolute atomic E-state index is 12.7. The number of nitrogens with zero attached hydrogens (tertiary/aromatic N) is 2. The van der Waals surface area contributed by atoms with Gasteiger partial charge >= 0.3 is 0 Å². The summed E-state index contributed by atoms with van der Waals surface area (Å²) in [5.41, 5.74) is 5.48. The summed E-state index contributed by atoms with van der Waals surface area (Å²) in [4.78, 5) is 15.1. The molecule has 1 saturated heterocycles. The van der Waals surface area contributed by atoms with Crippen LogP contribution < -0.4 is 15.0 Å². The highest BCUT2D eigenvalue weighted by molar-refractivity contribution is 6.04. The summed E-state index contributed by atoms with van der Waals surface area (Å²) in [6, 6.07) is 13.4. The summed E-state index contributed by atoms with van der Waals surface area (Å²) >= 11 is 0. The first-order chi connectivity index (χ1) is 14.5. The Bertz CT molecular complexity index is 1010. The number of nitrogens with one attached hydrogen (secondary N) is 1. The smallest absolute Gasteiger partial charge is 0.255 e. The summed E-state index contributed by atoms with van der Waals surface area (Å²) in [6.07, 6.45) is 2.49. The summed E-state index contributed by atoms with van der Waals surface area (Å²) in [5.74, 6) is 1.32. The molecule has 1 fully saturated rings. The first-order valence-electron chi connectivity index (χ1n) is 10.3. The van der Waals surface area contributed by atoms with Crippen molar-refractivity contribution in [2.75, 3.05) is 23.3 Å². The molecule has 4 rings (SSSR count). The van der Waals surface area contributed by atoms with E-state index >= 15 is 0 Å². The van der Waals surface area contributed by atoms with Crippen molar-refractivity contribution < 1.29 is 14.1 Å². The number of anilines is 2. The van der Waals surface area contributed by atoms with E-state index in [1.54, 1.807) is 24.3 Å². The van der Waals surface area contributed by atoms with Crippen LogP contribution in [0.5, 0.6) is 5.75 Å². The van der Waals surface area contributed by atoms with Crippen LogP contribution in [-0.4, -0.2) is 24.2 Å². The second-order valence-electron chi connectivity index (χ2n) is 7.76. The van der Waals surface area contributed by atoms with Crippen LogP contribution in [0.4, 0.5) is 11.4 Å². The minimum Gasteiger partial charge on any atom is -0.489 e. The van der Waals surface area contributed by atoms with Crippen LogP contribution in [0, 0.1) is 20.8 Å². The molecule has 1 aromatic heterocycles. The van der Waals surface area contributed by atoms with Crippen LogP contribution in [-0.2, 0) is 6.61 Å². The zero-order valence-electron chi connectivity index (χ0n) is 17.7. The molecule has 1 amide bonds. The van der Waals surface area contributed by atoms with Gasteiger partial charge in [-0.3, -0.25) is 4.79 Å². The van der Waals surface area contributed by atoms with Gasteiger partial charge in [-0.25, -0.2) is 0 Å². The van der Waals surface area contributed by atoms with Crippen molar-refractivity contribution in [3.63, 3.8) is 0 Å². The van der Waals surface area contributed by atoms with Crippen LogP contribution >= 0.6 is 0 Å². The monoisotopic (exact) mass is 405 g/mol. The van der Waals surface area contributed by atoms with Gasteiger partial charge in [0.05, 0.1) is 11.3 Å². The highest BCUT2D eigenvalue weighted by Gasteiger charge is 2.14. The third kappa shape index (κ3) is 4.32. The molecule has 0 unspecified atom stereocenters. The fourth-order valence-electron chi connectivity index (χ4n) is 3.72. The zero-order valence-corrected chi connectivity index (χ0v) is 17.7. The SMILES string of the molecule is Cc1cc(N2CCCC2)ccc1NC(=O)c1ccc(OCc2c(C)noc2C)cc1. The summed E-state index contributed by atoms with van der Waals surface area (Å²) < 4.78 is 11.0. The van der Waals surface area contributed by atoms with Gasteiger partial charge in [0.15, 0.2) is 0 Å². The number of ether oxygens (including phenoxy) is 1. The minimum absolute atomic E-state index is 0.135. The zero-order chi connectivity index (χ0) is 21.1. The van der Waals surface area contributed by atoms with Crippen molar-refractivity contribution in [3.05, 3.63) is 70.6 Å². The van der Waals surface area contributed by atoms with Gasteiger partial charge < -0.3 is 19.5 Å². The van der Waals surface area contributed by atoms with E-state index < -0.39 is 0 Å². The van der Waals surface area contributed by atoms with Crippen molar-refractivity contribution in [1.29, 1.82) is 0 Å². The first kappa shape index (κ1) is 20.0. The highest BCUT2D eigenvalue weighted by Crippen LogP contribution is 2.26. The van der Waals surface area contributed by atoms with Crippen molar-refractivity contribution in [2.45, 2.75) is 40.2 Å². The molecule has 1 N–H and O–H groups in total. The normalized spacial score (nSPS) is 13.5. The maximum atomic E-state index is 12.7.